The van der Waals surface area contributed by atoms with Gasteiger partial charge in [-0.05, 0) is 68.0 Å². The van der Waals surface area contributed by atoms with Gasteiger partial charge in [0.25, 0.3) is 0 Å². The molecule has 1 aromatic heterocycles. The number of nitrogens with zero attached hydrogens (tertiary/aromatic N) is 1. The van der Waals surface area contributed by atoms with Gasteiger partial charge in [0, 0.05) is 42.0 Å². The molecule has 1 heterocycles. The van der Waals surface area contributed by atoms with Crippen LogP contribution < -0.4 is 4.90 Å². The summed E-state index contributed by atoms with van der Waals surface area (Å²) < 4.78 is 2.66. The summed E-state index contributed by atoms with van der Waals surface area (Å²) in [5.41, 5.74) is 3.51. The molecule has 9 aromatic carbocycles. The number of hydrogen-bond acceptors (Lipinski definition) is 2. The summed E-state index contributed by atoms with van der Waals surface area (Å²) in [5.74, 6) is 0. The highest BCUT2D eigenvalue weighted by Gasteiger charge is 2.21. The van der Waals surface area contributed by atoms with Gasteiger partial charge in [-0.3, -0.25) is 0 Å². The van der Waals surface area contributed by atoms with Gasteiger partial charge in [-0.25, -0.2) is 0 Å². The molecule has 2 heteroatoms. The van der Waals surface area contributed by atoms with Gasteiger partial charge < -0.3 is 4.90 Å². The molecule has 10 rings (SSSR count). The maximum absolute atomic E-state index is 2.49. The fraction of sp³-hybridized carbons (Fsp3) is 0. The zero-order valence-electron chi connectivity index (χ0n) is 24.9. The largest absolute Gasteiger partial charge is 0.309 e. The topological polar surface area (TPSA) is 3.24 Å². The van der Waals surface area contributed by atoms with E-state index in [0.717, 1.165) is 5.69 Å². The Hall–Kier alpha value is -5.70. The molecule has 214 valence electrons. The van der Waals surface area contributed by atoms with Crippen LogP contribution in [0.15, 0.2) is 164 Å². The average molecular weight is 602 g/mol. The number of rotatable bonds is 3. The number of fused-ring (bicyclic) bond motifs is 12. The predicted molar refractivity (Wildman–Crippen MR) is 202 cm³/mol. The van der Waals surface area contributed by atoms with E-state index in [1.165, 1.54) is 85.4 Å². The molecule has 0 aliphatic carbocycles. The van der Waals surface area contributed by atoms with Crippen LogP contribution in [0.25, 0.3) is 74.0 Å². The second-order valence-electron chi connectivity index (χ2n) is 12.1. The molecule has 0 N–H and O–H groups in total. The molecular weight excluding hydrogens is 575 g/mol. The molecule has 46 heavy (non-hydrogen) atoms. The van der Waals surface area contributed by atoms with Gasteiger partial charge in [-0.1, -0.05) is 133 Å². The van der Waals surface area contributed by atoms with Crippen molar-refractivity contribution in [1.82, 2.24) is 0 Å². The van der Waals surface area contributed by atoms with E-state index in [-0.39, 0.29) is 0 Å². The van der Waals surface area contributed by atoms with Crippen molar-refractivity contribution in [2.75, 3.05) is 4.90 Å². The quantitative estimate of drug-likeness (QED) is 0.182. The zero-order valence-corrected chi connectivity index (χ0v) is 25.8. The number of thiophene rings is 1. The van der Waals surface area contributed by atoms with Gasteiger partial charge >= 0.3 is 0 Å². The Morgan fingerprint density at radius 1 is 0.348 bits per heavy atom. The summed E-state index contributed by atoms with van der Waals surface area (Å²) in [6, 6.07) is 60.2. The van der Waals surface area contributed by atoms with Crippen LogP contribution in [0.1, 0.15) is 0 Å². The van der Waals surface area contributed by atoms with Gasteiger partial charge in [-0.2, -0.15) is 0 Å². The molecule has 0 amide bonds. The van der Waals surface area contributed by atoms with Crippen LogP contribution in [0, 0.1) is 0 Å². The standard InChI is InChI=1S/C44H27NS/c1-4-16-32-28(12-1)14-11-23-40(32)45(41-26-29-13-2-3-15-31(29)33-17-5-8-20-36(33)41)30-24-25-42-39(27-30)43-37-21-9-6-18-34(37)35-19-7-10-22-38(35)44(43)46-42/h1-27H. The molecule has 0 radical (unpaired) electrons. The summed E-state index contributed by atoms with van der Waals surface area (Å²) in [5, 5.41) is 15.4. The molecule has 0 unspecified atom stereocenters. The van der Waals surface area contributed by atoms with E-state index in [9.17, 15) is 0 Å². The minimum absolute atomic E-state index is 1.15. The van der Waals surface area contributed by atoms with Crippen molar-refractivity contribution in [3.63, 3.8) is 0 Å². The molecule has 0 saturated heterocycles. The predicted octanol–water partition coefficient (Wildman–Crippen LogP) is 13.3. The molecule has 0 aliphatic heterocycles. The Morgan fingerprint density at radius 2 is 0.913 bits per heavy atom. The van der Waals surface area contributed by atoms with Crippen molar-refractivity contribution < 1.29 is 0 Å². The van der Waals surface area contributed by atoms with Crippen LogP contribution in [0.5, 0.6) is 0 Å². The number of anilines is 3. The van der Waals surface area contributed by atoms with E-state index in [2.05, 4.69) is 169 Å². The Morgan fingerprint density at radius 3 is 1.70 bits per heavy atom. The lowest BCUT2D eigenvalue weighted by molar-refractivity contribution is 1.32. The first-order valence-electron chi connectivity index (χ1n) is 15.8. The van der Waals surface area contributed by atoms with Gasteiger partial charge in [0.15, 0.2) is 0 Å². The fourth-order valence-corrected chi connectivity index (χ4v) is 8.80. The highest BCUT2D eigenvalue weighted by molar-refractivity contribution is 7.27. The molecular formula is C44H27NS. The van der Waals surface area contributed by atoms with Crippen LogP contribution in [-0.2, 0) is 0 Å². The highest BCUT2D eigenvalue weighted by atomic mass is 32.1. The first kappa shape index (κ1) is 25.6. The molecule has 0 bridgehead atoms. The van der Waals surface area contributed by atoms with Crippen LogP contribution in [0.3, 0.4) is 0 Å². The van der Waals surface area contributed by atoms with Crippen molar-refractivity contribution >= 4 is 102 Å². The van der Waals surface area contributed by atoms with Crippen LogP contribution in [-0.4, -0.2) is 0 Å². The van der Waals surface area contributed by atoms with E-state index in [1.54, 1.807) is 0 Å². The summed E-state index contributed by atoms with van der Waals surface area (Å²) in [7, 11) is 0. The Labute approximate surface area is 270 Å². The monoisotopic (exact) mass is 601 g/mol. The normalized spacial score (nSPS) is 11.9. The average Bonchev–Trinajstić information content (AvgIpc) is 3.52. The molecule has 0 saturated carbocycles. The van der Waals surface area contributed by atoms with E-state index in [0.29, 0.717) is 0 Å². The molecule has 0 atom stereocenters. The second-order valence-corrected chi connectivity index (χ2v) is 13.1. The van der Waals surface area contributed by atoms with Gasteiger partial charge in [0.1, 0.15) is 0 Å². The van der Waals surface area contributed by atoms with E-state index in [1.807, 2.05) is 11.3 Å². The first-order chi connectivity index (χ1) is 22.8. The minimum atomic E-state index is 1.15. The Balaban J connectivity index is 1.35. The van der Waals surface area contributed by atoms with Gasteiger partial charge in [-0.15, -0.1) is 11.3 Å². The van der Waals surface area contributed by atoms with Crippen molar-refractivity contribution in [1.29, 1.82) is 0 Å². The Kier molecular flexibility index (Phi) is 5.51. The SMILES string of the molecule is c1ccc2c(N(c3ccc4sc5c6ccccc6c6ccccc6c5c4c3)c3cc4ccccc4c4ccccc34)cccc2c1. The van der Waals surface area contributed by atoms with Crippen LogP contribution in [0.2, 0.25) is 0 Å². The van der Waals surface area contributed by atoms with E-state index in [4.69, 9.17) is 0 Å². The van der Waals surface area contributed by atoms with Crippen LogP contribution in [0.4, 0.5) is 17.1 Å². The van der Waals surface area contributed by atoms with Gasteiger partial charge in [0.05, 0.1) is 11.4 Å². The third-order valence-electron chi connectivity index (χ3n) is 9.58. The molecule has 1 nitrogen and oxygen atoms in total. The summed E-state index contributed by atoms with van der Waals surface area (Å²) >= 11 is 1.91. The van der Waals surface area contributed by atoms with E-state index < -0.39 is 0 Å². The summed E-state index contributed by atoms with van der Waals surface area (Å²) in [4.78, 5) is 2.49. The smallest absolute Gasteiger partial charge is 0.0546 e. The number of hydrogen-bond donors (Lipinski definition) is 0. The molecule has 0 aliphatic rings. The molecule has 0 spiro atoms. The maximum atomic E-state index is 2.49. The summed E-state index contributed by atoms with van der Waals surface area (Å²) in [6.45, 7) is 0. The molecule has 0 fully saturated rings. The van der Waals surface area contributed by atoms with Crippen molar-refractivity contribution in [2.45, 2.75) is 0 Å². The number of benzene rings is 9. The summed E-state index contributed by atoms with van der Waals surface area (Å²) in [6.07, 6.45) is 0. The van der Waals surface area contributed by atoms with Crippen molar-refractivity contribution in [3.8, 4) is 0 Å². The lowest BCUT2D eigenvalue weighted by Crippen LogP contribution is -2.11. The van der Waals surface area contributed by atoms with E-state index >= 15 is 0 Å². The lowest BCUT2D eigenvalue weighted by atomic mass is 9.96. The van der Waals surface area contributed by atoms with Crippen LogP contribution >= 0.6 is 11.3 Å². The third kappa shape index (κ3) is 3.68. The lowest BCUT2D eigenvalue weighted by Gasteiger charge is -2.29. The fourth-order valence-electron chi connectivity index (χ4n) is 7.56. The highest BCUT2D eigenvalue weighted by Crippen LogP contribution is 2.48. The van der Waals surface area contributed by atoms with Gasteiger partial charge in [0.2, 0.25) is 0 Å². The second kappa shape index (κ2) is 9.90. The third-order valence-corrected chi connectivity index (χ3v) is 10.8. The minimum Gasteiger partial charge on any atom is -0.309 e. The molecule has 10 aromatic rings. The Bertz CT molecular complexity index is 2820. The van der Waals surface area contributed by atoms with Crippen molar-refractivity contribution in [2.24, 2.45) is 0 Å². The maximum Gasteiger partial charge on any atom is 0.0546 e. The van der Waals surface area contributed by atoms with Crippen molar-refractivity contribution in [3.05, 3.63) is 164 Å². The zero-order chi connectivity index (χ0) is 30.2. The first-order valence-corrected chi connectivity index (χ1v) is 16.6.